The van der Waals surface area contributed by atoms with Gasteiger partial charge >= 0.3 is 0 Å². The van der Waals surface area contributed by atoms with E-state index in [2.05, 4.69) is 5.32 Å². The molecule has 0 aromatic heterocycles. The summed E-state index contributed by atoms with van der Waals surface area (Å²) in [7, 11) is 0. The van der Waals surface area contributed by atoms with Crippen LogP contribution in [0.3, 0.4) is 0 Å². The molecule has 1 amide bonds. The molecule has 4 heteroatoms. The van der Waals surface area contributed by atoms with Gasteiger partial charge in [-0.05, 0) is 24.6 Å². The number of hydrogen-bond donors (Lipinski definition) is 2. The molecule has 1 aromatic rings. The number of ether oxygens (including phenoxy) is 1. The van der Waals surface area contributed by atoms with E-state index in [1.807, 2.05) is 6.92 Å². The van der Waals surface area contributed by atoms with E-state index in [4.69, 9.17) is 4.74 Å². The van der Waals surface area contributed by atoms with Crippen LogP contribution in [0.4, 0.5) is 5.69 Å². The van der Waals surface area contributed by atoms with E-state index in [1.54, 1.807) is 18.2 Å². The predicted molar refractivity (Wildman–Crippen MR) is 55.4 cm³/mol. The SMILES string of the molecule is CCOC(O)c1ccc2c(c1)CC(=O)N2. The molecule has 2 N–H and O–H groups in total. The Kier molecular flexibility index (Phi) is 2.70. The number of aliphatic hydroxyl groups excluding tert-OH is 1. The first kappa shape index (κ1) is 10.1. The van der Waals surface area contributed by atoms with Crippen LogP contribution in [-0.2, 0) is 16.0 Å². The molecule has 1 heterocycles. The van der Waals surface area contributed by atoms with Crippen molar-refractivity contribution < 1.29 is 14.6 Å². The van der Waals surface area contributed by atoms with Crippen molar-refractivity contribution in [3.8, 4) is 0 Å². The zero-order valence-corrected chi connectivity index (χ0v) is 8.49. The van der Waals surface area contributed by atoms with Gasteiger partial charge in [-0.3, -0.25) is 4.79 Å². The highest BCUT2D eigenvalue weighted by Gasteiger charge is 2.19. The van der Waals surface area contributed by atoms with Crippen LogP contribution in [0.5, 0.6) is 0 Å². The van der Waals surface area contributed by atoms with Gasteiger partial charge in [-0.25, -0.2) is 0 Å². The fourth-order valence-corrected chi connectivity index (χ4v) is 1.66. The second-order valence-corrected chi connectivity index (χ2v) is 3.45. The van der Waals surface area contributed by atoms with Crippen molar-refractivity contribution in [2.75, 3.05) is 11.9 Å². The van der Waals surface area contributed by atoms with Gasteiger partial charge in [0.05, 0.1) is 6.42 Å². The third-order valence-corrected chi connectivity index (χ3v) is 2.36. The maximum Gasteiger partial charge on any atom is 0.228 e. The Labute approximate surface area is 87.9 Å². The second-order valence-electron chi connectivity index (χ2n) is 3.45. The van der Waals surface area contributed by atoms with Crippen LogP contribution in [0.2, 0.25) is 0 Å². The first-order chi connectivity index (χ1) is 7.20. The van der Waals surface area contributed by atoms with E-state index < -0.39 is 6.29 Å². The molecule has 0 radical (unpaired) electrons. The maximum absolute atomic E-state index is 11.1. The highest BCUT2D eigenvalue weighted by molar-refractivity contribution is 5.99. The summed E-state index contributed by atoms with van der Waals surface area (Å²) in [4.78, 5) is 11.1. The molecule has 0 bridgehead atoms. The zero-order chi connectivity index (χ0) is 10.8. The molecular weight excluding hydrogens is 194 g/mol. The Morgan fingerprint density at radius 2 is 2.40 bits per heavy atom. The van der Waals surface area contributed by atoms with Gasteiger partial charge < -0.3 is 15.2 Å². The van der Waals surface area contributed by atoms with Gasteiger partial charge in [0, 0.05) is 17.9 Å². The third-order valence-electron chi connectivity index (χ3n) is 2.36. The minimum Gasteiger partial charge on any atom is -0.364 e. The highest BCUT2D eigenvalue weighted by atomic mass is 16.6. The van der Waals surface area contributed by atoms with Gasteiger partial charge in [0.1, 0.15) is 0 Å². The second kappa shape index (κ2) is 4.00. The molecular formula is C11H13NO3. The van der Waals surface area contributed by atoms with Crippen molar-refractivity contribution in [3.63, 3.8) is 0 Å². The summed E-state index contributed by atoms with van der Waals surface area (Å²) < 4.78 is 5.06. The zero-order valence-electron chi connectivity index (χ0n) is 8.49. The van der Waals surface area contributed by atoms with Crippen LogP contribution in [0, 0.1) is 0 Å². The van der Waals surface area contributed by atoms with Crippen LogP contribution >= 0.6 is 0 Å². The molecule has 4 nitrogen and oxygen atoms in total. The van der Waals surface area contributed by atoms with Crippen LogP contribution in [0.15, 0.2) is 18.2 Å². The lowest BCUT2D eigenvalue weighted by atomic mass is 10.1. The summed E-state index contributed by atoms with van der Waals surface area (Å²) in [6, 6.07) is 5.34. The minimum atomic E-state index is -0.906. The van der Waals surface area contributed by atoms with E-state index in [9.17, 15) is 9.90 Å². The molecule has 0 saturated carbocycles. The molecule has 1 atom stereocenters. The average molecular weight is 207 g/mol. The maximum atomic E-state index is 11.1. The van der Waals surface area contributed by atoms with Gasteiger partial charge in [-0.2, -0.15) is 0 Å². The highest BCUT2D eigenvalue weighted by Crippen LogP contribution is 2.26. The first-order valence-electron chi connectivity index (χ1n) is 4.93. The van der Waals surface area contributed by atoms with Crippen molar-refractivity contribution in [1.29, 1.82) is 0 Å². The summed E-state index contributed by atoms with van der Waals surface area (Å²) in [6.07, 6.45) is -0.529. The molecule has 0 fully saturated rings. The molecule has 1 aliphatic rings. The van der Waals surface area contributed by atoms with Gasteiger partial charge in [0.2, 0.25) is 5.91 Å². The molecule has 0 saturated heterocycles. The lowest BCUT2D eigenvalue weighted by molar-refractivity contribution is -0.115. The summed E-state index contributed by atoms with van der Waals surface area (Å²) in [6.45, 7) is 2.27. The number of carbonyl (C=O) groups is 1. The largest absolute Gasteiger partial charge is 0.364 e. The number of carbonyl (C=O) groups excluding carboxylic acids is 1. The molecule has 15 heavy (non-hydrogen) atoms. The number of rotatable bonds is 3. The fraction of sp³-hybridized carbons (Fsp3) is 0.364. The molecule has 2 rings (SSSR count). The average Bonchev–Trinajstić information content (AvgIpc) is 2.57. The molecule has 1 aromatic carbocycles. The van der Waals surface area contributed by atoms with Crippen molar-refractivity contribution in [3.05, 3.63) is 29.3 Å². The van der Waals surface area contributed by atoms with Crippen LogP contribution in [0.1, 0.15) is 24.3 Å². The lowest BCUT2D eigenvalue weighted by Crippen LogP contribution is -2.03. The van der Waals surface area contributed by atoms with E-state index in [-0.39, 0.29) is 5.91 Å². The van der Waals surface area contributed by atoms with Crippen molar-refractivity contribution >= 4 is 11.6 Å². The van der Waals surface area contributed by atoms with E-state index in [1.165, 1.54) is 0 Å². The number of anilines is 1. The number of aliphatic hydroxyl groups is 1. The number of hydrogen-bond acceptors (Lipinski definition) is 3. The van der Waals surface area contributed by atoms with Gasteiger partial charge in [0.15, 0.2) is 6.29 Å². The smallest absolute Gasteiger partial charge is 0.228 e. The molecule has 1 unspecified atom stereocenters. The predicted octanol–water partition coefficient (Wildman–Crippen LogP) is 1.21. The molecule has 0 aliphatic carbocycles. The third kappa shape index (κ3) is 2.00. The number of amides is 1. The van der Waals surface area contributed by atoms with Crippen molar-refractivity contribution in [2.24, 2.45) is 0 Å². The van der Waals surface area contributed by atoms with E-state index >= 15 is 0 Å². The number of fused-ring (bicyclic) bond motifs is 1. The number of benzene rings is 1. The van der Waals surface area contributed by atoms with Crippen LogP contribution in [-0.4, -0.2) is 17.6 Å². The Hall–Kier alpha value is -1.39. The molecule has 80 valence electrons. The Balaban J connectivity index is 2.23. The van der Waals surface area contributed by atoms with Gasteiger partial charge in [-0.1, -0.05) is 6.07 Å². The number of nitrogens with one attached hydrogen (secondary N) is 1. The van der Waals surface area contributed by atoms with Crippen molar-refractivity contribution in [2.45, 2.75) is 19.6 Å². The summed E-state index contributed by atoms with van der Waals surface area (Å²) >= 11 is 0. The molecule has 1 aliphatic heterocycles. The van der Waals surface area contributed by atoms with E-state index in [0.717, 1.165) is 11.3 Å². The minimum absolute atomic E-state index is 0.00644. The summed E-state index contributed by atoms with van der Waals surface area (Å²) in [5.74, 6) is -0.00644. The van der Waals surface area contributed by atoms with Gasteiger partial charge in [-0.15, -0.1) is 0 Å². The Morgan fingerprint density at radius 3 is 3.13 bits per heavy atom. The topological polar surface area (TPSA) is 58.6 Å². The van der Waals surface area contributed by atoms with E-state index in [0.29, 0.717) is 18.6 Å². The molecule has 0 spiro atoms. The Morgan fingerprint density at radius 1 is 1.60 bits per heavy atom. The van der Waals surface area contributed by atoms with Gasteiger partial charge in [0.25, 0.3) is 0 Å². The van der Waals surface area contributed by atoms with Crippen LogP contribution < -0.4 is 5.32 Å². The quantitative estimate of drug-likeness (QED) is 0.732. The van der Waals surface area contributed by atoms with Crippen molar-refractivity contribution in [1.82, 2.24) is 0 Å². The summed E-state index contributed by atoms with van der Waals surface area (Å²) in [5.41, 5.74) is 2.43. The normalized spacial score (nSPS) is 16.0. The fourth-order valence-electron chi connectivity index (χ4n) is 1.66. The standard InChI is InChI=1S/C11H13NO3/c1-2-15-11(14)7-3-4-9-8(5-7)6-10(13)12-9/h3-5,11,14H,2,6H2,1H3,(H,12,13). The Bertz CT molecular complexity index is 389. The monoisotopic (exact) mass is 207 g/mol. The lowest BCUT2D eigenvalue weighted by Gasteiger charge is -2.11. The van der Waals surface area contributed by atoms with Crippen LogP contribution in [0.25, 0.3) is 0 Å². The first-order valence-corrected chi connectivity index (χ1v) is 4.93. The summed E-state index contributed by atoms with van der Waals surface area (Å²) in [5, 5.41) is 12.3.